The van der Waals surface area contributed by atoms with E-state index in [1.165, 1.54) is 0 Å². The van der Waals surface area contributed by atoms with E-state index in [9.17, 15) is 9.90 Å². The molecule has 1 aromatic carbocycles. The normalized spacial score (nSPS) is 21.8. The monoisotopic (exact) mass is 297 g/mol. The molecular formula is C15H20ClNO3. The van der Waals surface area contributed by atoms with Crippen LogP contribution in [0.1, 0.15) is 24.8 Å². The van der Waals surface area contributed by atoms with Crippen LogP contribution in [0.4, 0.5) is 0 Å². The highest BCUT2D eigenvalue weighted by Gasteiger charge is 2.27. The van der Waals surface area contributed by atoms with E-state index in [-0.39, 0.29) is 31.1 Å². The van der Waals surface area contributed by atoms with E-state index in [1.807, 2.05) is 13.0 Å². The topological polar surface area (TPSA) is 58.6 Å². The van der Waals surface area contributed by atoms with Crippen LogP contribution in [0, 0.1) is 12.8 Å². The van der Waals surface area contributed by atoms with Gasteiger partial charge in [0.05, 0.1) is 0 Å². The Hall–Kier alpha value is -1.26. The number of halogens is 1. The Balaban J connectivity index is 1.81. The Morgan fingerprint density at radius 2 is 2.30 bits per heavy atom. The first-order chi connectivity index (χ1) is 9.60. The van der Waals surface area contributed by atoms with E-state index in [0.29, 0.717) is 10.8 Å². The molecule has 1 aliphatic carbocycles. The Bertz CT molecular complexity index is 478. The number of nitrogens with one attached hydrogen (secondary N) is 1. The van der Waals surface area contributed by atoms with E-state index < -0.39 is 0 Å². The number of aliphatic hydroxyl groups excluding tert-OH is 1. The van der Waals surface area contributed by atoms with Gasteiger partial charge in [-0.05, 0) is 43.5 Å². The summed E-state index contributed by atoms with van der Waals surface area (Å²) in [6.45, 7) is 2.00. The Morgan fingerprint density at radius 3 is 3.00 bits per heavy atom. The van der Waals surface area contributed by atoms with E-state index in [2.05, 4.69) is 5.32 Å². The minimum absolute atomic E-state index is 0.0181. The zero-order valence-electron chi connectivity index (χ0n) is 11.6. The number of aliphatic hydroxyl groups is 1. The fourth-order valence-corrected chi connectivity index (χ4v) is 2.67. The van der Waals surface area contributed by atoms with Crippen molar-refractivity contribution in [2.24, 2.45) is 5.92 Å². The SMILES string of the molecule is Cc1cc(OCC(=O)N[C@H]2CCC[C@@H]2CO)ccc1Cl. The lowest BCUT2D eigenvalue weighted by Crippen LogP contribution is -2.40. The van der Waals surface area contributed by atoms with Crippen molar-refractivity contribution in [2.45, 2.75) is 32.2 Å². The molecule has 5 heteroatoms. The molecule has 1 aromatic rings. The van der Waals surface area contributed by atoms with Crippen LogP contribution in [0.2, 0.25) is 5.02 Å². The number of rotatable bonds is 5. The highest BCUT2D eigenvalue weighted by molar-refractivity contribution is 6.31. The molecule has 4 nitrogen and oxygen atoms in total. The molecule has 1 fully saturated rings. The van der Waals surface area contributed by atoms with Crippen molar-refractivity contribution in [1.29, 1.82) is 0 Å². The number of carbonyl (C=O) groups is 1. The van der Waals surface area contributed by atoms with Crippen LogP contribution < -0.4 is 10.1 Å². The summed E-state index contributed by atoms with van der Waals surface area (Å²) in [6.07, 6.45) is 2.95. The Labute approximate surface area is 124 Å². The third kappa shape index (κ3) is 3.87. The molecule has 2 atom stereocenters. The van der Waals surface area contributed by atoms with Gasteiger partial charge in [0.2, 0.25) is 0 Å². The molecule has 0 heterocycles. The lowest BCUT2D eigenvalue weighted by Gasteiger charge is -2.19. The van der Waals surface area contributed by atoms with Gasteiger partial charge in [0, 0.05) is 23.6 Å². The van der Waals surface area contributed by atoms with Gasteiger partial charge in [-0.3, -0.25) is 4.79 Å². The molecule has 20 heavy (non-hydrogen) atoms. The molecular weight excluding hydrogens is 278 g/mol. The van der Waals surface area contributed by atoms with Crippen molar-refractivity contribution in [3.8, 4) is 5.75 Å². The summed E-state index contributed by atoms with van der Waals surface area (Å²) < 4.78 is 5.45. The van der Waals surface area contributed by atoms with Crippen molar-refractivity contribution < 1.29 is 14.6 Å². The van der Waals surface area contributed by atoms with Gasteiger partial charge >= 0.3 is 0 Å². The highest BCUT2D eigenvalue weighted by atomic mass is 35.5. The fourth-order valence-electron chi connectivity index (χ4n) is 2.55. The van der Waals surface area contributed by atoms with Crippen molar-refractivity contribution in [3.05, 3.63) is 28.8 Å². The molecule has 0 spiro atoms. The number of ether oxygens (including phenoxy) is 1. The van der Waals surface area contributed by atoms with Crippen LogP contribution in [0.25, 0.3) is 0 Å². The van der Waals surface area contributed by atoms with Crippen molar-refractivity contribution >= 4 is 17.5 Å². The third-order valence-electron chi connectivity index (χ3n) is 3.74. The lowest BCUT2D eigenvalue weighted by atomic mass is 10.1. The summed E-state index contributed by atoms with van der Waals surface area (Å²) in [5.41, 5.74) is 0.917. The van der Waals surface area contributed by atoms with E-state index in [1.54, 1.807) is 12.1 Å². The molecule has 0 radical (unpaired) electrons. The molecule has 0 aliphatic heterocycles. The summed E-state index contributed by atoms with van der Waals surface area (Å²) in [4.78, 5) is 11.8. The van der Waals surface area contributed by atoms with Crippen molar-refractivity contribution in [2.75, 3.05) is 13.2 Å². The minimum atomic E-state index is -0.150. The molecule has 0 saturated heterocycles. The number of carbonyl (C=O) groups excluding carboxylic acids is 1. The maximum Gasteiger partial charge on any atom is 0.258 e. The van der Waals surface area contributed by atoms with Crippen LogP contribution in [0.15, 0.2) is 18.2 Å². The van der Waals surface area contributed by atoms with Gasteiger partial charge in [-0.25, -0.2) is 0 Å². The van der Waals surface area contributed by atoms with Gasteiger partial charge in [-0.2, -0.15) is 0 Å². The fraction of sp³-hybridized carbons (Fsp3) is 0.533. The predicted molar refractivity (Wildman–Crippen MR) is 78.0 cm³/mol. The molecule has 2 rings (SSSR count). The first kappa shape index (κ1) is 15.1. The molecule has 110 valence electrons. The largest absolute Gasteiger partial charge is 0.484 e. The zero-order chi connectivity index (χ0) is 14.5. The van der Waals surface area contributed by atoms with Gasteiger partial charge in [-0.15, -0.1) is 0 Å². The van der Waals surface area contributed by atoms with E-state index >= 15 is 0 Å². The van der Waals surface area contributed by atoms with Crippen LogP contribution in [-0.4, -0.2) is 30.3 Å². The molecule has 0 unspecified atom stereocenters. The molecule has 1 amide bonds. The van der Waals surface area contributed by atoms with E-state index in [0.717, 1.165) is 24.8 Å². The maximum atomic E-state index is 11.8. The van der Waals surface area contributed by atoms with Crippen LogP contribution in [-0.2, 0) is 4.79 Å². The zero-order valence-corrected chi connectivity index (χ0v) is 12.3. The Morgan fingerprint density at radius 1 is 1.50 bits per heavy atom. The second-order valence-corrected chi connectivity index (χ2v) is 5.65. The lowest BCUT2D eigenvalue weighted by molar-refractivity contribution is -0.124. The summed E-state index contributed by atoms with van der Waals surface area (Å²) in [7, 11) is 0. The first-order valence-electron chi connectivity index (χ1n) is 6.89. The number of hydrogen-bond donors (Lipinski definition) is 2. The second-order valence-electron chi connectivity index (χ2n) is 5.25. The number of aryl methyl sites for hydroxylation is 1. The summed E-state index contributed by atoms with van der Waals surface area (Å²) in [6, 6.07) is 5.38. The smallest absolute Gasteiger partial charge is 0.258 e. The van der Waals surface area contributed by atoms with Gasteiger partial charge in [0.15, 0.2) is 6.61 Å². The van der Waals surface area contributed by atoms with Crippen molar-refractivity contribution in [3.63, 3.8) is 0 Å². The highest BCUT2D eigenvalue weighted by Crippen LogP contribution is 2.25. The average molecular weight is 298 g/mol. The predicted octanol–water partition coefficient (Wildman–Crippen LogP) is 2.30. The summed E-state index contributed by atoms with van der Waals surface area (Å²) in [5.74, 6) is 0.659. The number of benzene rings is 1. The molecule has 0 bridgehead atoms. The van der Waals surface area contributed by atoms with Crippen LogP contribution >= 0.6 is 11.6 Å². The number of amides is 1. The summed E-state index contributed by atoms with van der Waals surface area (Å²) >= 11 is 5.93. The van der Waals surface area contributed by atoms with Gasteiger partial charge in [-0.1, -0.05) is 18.0 Å². The molecule has 0 aromatic heterocycles. The summed E-state index contributed by atoms with van der Waals surface area (Å²) in [5, 5.41) is 12.8. The van der Waals surface area contributed by atoms with Crippen molar-refractivity contribution in [1.82, 2.24) is 5.32 Å². The van der Waals surface area contributed by atoms with E-state index in [4.69, 9.17) is 16.3 Å². The Kier molecular flexibility index (Phi) is 5.26. The molecule has 1 aliphatic rings. The van der Waals surface area contributed by atoms with Crippen LogP contribution in [0.3, 0.4) is 0 Å². The molecule has 2 N–H and O–H groups in total. The standard InChI is InChI=1S/C15H20ClNO3/c1-10-7-12(5-6-13(10)16)20-9-15(19)17-14-4-2-3-11(14)8-18/h5-7,11,14,18H,2-4,8-9H2,1H3,(H,17,19)/t11-,14+/m1/s1. The first-order valence-corrected chi connectivity index (χ1v) is 7.27. The van der Waals surface area contributed by atoms with Gasteiger partial charge in [0.1, 0.15) is 5.75 Å². The maximum absolute atomic E-state index is 11.8. The van der Waals surface area contributed by atoms with Gasteiger partial charge in [0.25, 0.3) is 5.91 Å². The van der Waals surface area contributed by atoms with Crippen LogP contribution in [0.5, 0.6) is 5.75 Å². The minimum Gasteiger partial charge on any atom is -0.484 e. The molecule has 1 saturated carbocycles. The number of hydrogen-bond acceptors (Lipinski definition) is 3. The average Bonchev–Trinajstić information content (AvgIpc) is 2.87. The quantitative estimate of drug-likeness (QED) is 0.877. The second kappa shape index (κ2) is 6.95. The third-order valence-corrected chi connectivity index (χ3v) is 4.16. The van der Waals surface area contributed by atoms with Gasteiger partial charge < -0.3 is 15.2 Å².